The zero-order valence-corrected chi connectivity index (χ0v) is 9.52. The average molecular weight is 234 g/mol. The molecule has 5 nitrogen and oxygen atoms in total. The van der Waals surface area contributed by atoms with Gasteiger partial charge in [0.15, 0.2) is 0 Å². The van der Waals surface area contributed by atoms with Gasteiger partial charge >= 0.3 is 5.97 Å². The van der Waals surface area contributed by atoms with Crippen LogP contribution in [0.3, 0.4) is 0 Å². The molecule has 0 bridgehead atoms. The van der Waals surface area contributed by atoms with Gasteiger partial charge < -0.3 is 16.2 Å². The van der Waals surface area contributed by atoms with E-state index in [1.165, 1.54) is 0 Å². The highest BCUT2D eigenvalue weighted by atomic mass is 32.2. The third kappa shape index (κ3) is 11.2. The minimum absolute atomic E-state index is 0.0394. The Morgan fingerprint density at radius 3 is 2.67 bits per heavy atom. The lowest BCUT2D eigenvalue weighted by atomic mass is 10.3. The van der Waals surface area contributed by atoms with Gasteiger partial charge in [-0.05, 0) is 25.1 Å². The Kier molecular flexibility index (Phi) is 9.30. The minimum atomic E-state index is -0.832. The number of carboxylic acid groups (broad SMARTS) is 1. The van der Waals surface area contributed by atoms with Crippen molar-refractivity contribution in [3.63, 3.8) is 0 Å². The summed E-state index contributed by atoms with van der Waals surface area (Å²) in [5.41, 5.74) is 5.30. The molecule has 0 heterocycles. The van der Waals surface area contributed by atoms with Crippen LogP contribution in [0.4, 0.5) is 0 Å². The van der Waals surface area contributed by atoms with Crippen molar-refractivity contribution >= 4 is 23.6 Å². The van der Waals surface area contributed by atoms with Crippen molar-refractivity contribution in [2.45, 2.75) is 19.3 Å². The number of amides is 1. The van der Waals surface area contributed by atoms with Crippen LogP contribution >= 0.6 is 11.8 Å². The maximum absolute atomic E-state index is 11.1. The molecule has 0 radical (unpaired) electrons. The number of hydrogen-bond donors (Lipinski definition) is 3. The molecule has 15 heavy (non-hydrogen) atoms. The summed E-state index contributed by atoms with van der Waals surface area (Å²) in [6.45, 7) is 1.08. The number of rotatable bonds is 9. The fraction of sp³-hybridized carbons (Fsp3) is 0.778. The molecule has 0 aliphatic carbocycles. The van der Waals surface area contributed by atoms with Crippen molar-refractivity contribution in [2.24, 2.45) is 5.73 Å². The zero-order valence-electron chi connectivity index (χ0n) is 8.70. The molecule has 0 atom stereocenters. The van der Waals surface area contributed by atoms with Crippen LogP contribution in [0.2, 0.25) is 0 Å². The van der Waals surface area contributed by atoms with Gasteiger partial charge in [0.05, 0.1) is 5.75 Å². The maximum Gasteiger partial charge on any atom is 0.303 e. The minimum Gasteiger partial charge on any atom is -0.481 e. The number of hydrogen-bond acceptors (Lipinski definition) is 4. The first-order valence-electron chi connectivity index (χ1n) is 4.93. The topological polar surface area (TPSA) is 92.4 Å². The molecule has 0 fully saturated rings. The smallest absolute Gasteiger partial charge is 0.303 e. The van der Waals surface area contributed by atoms with Gasteiger partial charge in [0.25, 0.3) is 0 Å². The number of nitrogens with two attached hydrogens (primary N) is 1. The Bertz CT molecular complexity index is 200. The van der Waals surface area contributed by atoms with E-state index in [1.54, 1.807) is 11.8 Å². The summed E-state index contributed by atoms with van der Waals surface area (Å²) in [6, 6.07) is 0. The average Bonchev–Trinajstić information content (AvgIpc) is 2.19. The molecular weight excluding hydrogens is 216 g/mol. The van der Waals surface area contributed by atoms with E-state index in [1.807, 2.05) is 0 Å². The molecule has 0 saturated carbocycles. The van der Waals surface area contributed by atoms with E-state index in [0.29, 0.717) is 25.3 Å². The molecule has 4 N–H and O–H groups in total. The lowest BCUT2D eigenvalue weighted by molar-refractivity contribution is -0.137. The quantitative estimate of drug-likeness (QED) is 0.490. The van der Waals surface area contributed by atoms with E-state index in [2.05, 4.69) is 5.32 Å². The maximum atomic E-state index is 11.1. The van der Waals surface area contributed by atoms with Crippen LogP contribution < -0.4 is 11.1 Å². The summed E-state index contributed by atoms with van der Waals surface area (Å²) in [5, 5.41) is 11.0. The summed E-state index contributed by atoms with van der Waals surface area (Å²) in [5.74, 6) is 0.440. The molecule has 0 spiro atoms. The molecule has 0 unspecified atom stereocenters. The number of nitrogens with one attached hydrogen (secondary N) is 1. The first-order valence-corrected chi connectivity index (χ1v) is 6.08. The lowest BCUT2D eigenvalue weighted by Gasteiger charge is -2.03. The van der Waals surface area contributed by atoms with Gasteiger partial charge in [-0.3, -0.25) is 9.59 Å². The van der Waals surface area contributed by atoms with E-state index >= 15 is 0 Å². The Balaban J connectivity index is 3.22. The number of carbonyl (C=O) groups is 2. The van der Waals surface area contributed by atoms with E-state index in [4.69, 9.17) is 10.8 Å². The van der Waals surface area contributed by atoms with E-state index in [0.717, 1.165) is 12.2 Å². The largest absolute Gasteiger partial charge is 0.481 e. The van der Waals surface area contributed by atoms with Gasteiger partial charge in [-0.15, -0.1) is 0 Å². The van der Waals surface area contributed by atoms with Gasteiger partial charge in [-0.25, -0.2) is 0 Å². The van der Waals surface area contributed by atoms with Crippen molar-refractivity contribution in [1.29, 1.82) is 0 Å². The third-order valence-corrected chi connectivity index (χ3v) is 2.66. The fourth-order valence-corrected chi connectivity index (χ4v) is 1.67. The summed E-state index contributed by atoms with van der Waals surface area (Å²) in [7, 11) is 0. The van der Waals surface area contributed by atoms with Gasteiger partial charge in [-0.2, -0.15) is 11.8 Å². The molecule has 88 valence electrons. The molecule has 0 saturated heterocycles. The molecule has 6 heteroatoms. The van der Waals surface area contributed by atoms with Crippen LogP contribution in [0, 0.1) is 0 Å². The van der Waals surface area contributed by atoms with Crippen molar-refractivity contribution < 1.29 is 14.7 Å². The van der Waals surface area contributed by atoms with Crippen LogP contribution in [0.1, 0.15) is 19.3 Å². The second kappa shape index (κ2) is 9.79. The number of aliphatic carboxylic acids is 1. The normalized spacial score (nSPS) is 9.93. The second-order valence-corrected chi connectivity index (χ2v) is 4.15. The van der Waals surface area contributed by atoms with Crippen molar-refractivity contribution in [2.75, 3.05) is 24.6 Å². The van der Waals surface area contributed by atoms with Gasteiger partial charge in [0, 0.05) is 13.0 Å². The number of thioether (sulfide) groups is 1. The van der Waals surface area contributed by atoms with Crippen molar-refractivity contribution in [1.82, 2.24) is 5.32 Å². The highest BCUT2D eigenvalue weighted by Gasteiger charge is 2.01. The van der Waals surface area contributed by atoms with Crippen LogP contribution in [-0.4, -0.2) is 41.6 Å². The van der Waals surface area contributed by atoms with Gasteiger partial charge in [-0.1, -0.05) is 0 Å². The monoisotopic (exact) mass is 234 g/mol. The Morgan fingerprint density at radius 2 is 2.07 bits per heavy atom. The number of carboxylic acids is 1. The van der Waals surface area contributed by atoms with E-state index in [9.17, 15) is 9.59 Å². The van der Waals surface area contributed by atoms with Crippen LogP contribution in [-0.2, 0) is 9.59 Å². The zero-order chi connectivity index (χ0) is 11.5. The molecule has 0 rings (SSSR count). The van der Waals surface area contributed by atoms with Crippen LogP contribution in [0.5, 0.6) is 0 Å². The van der Waals surface area contributed by atoms with Gasteiger partial charge in [0.1, 0.15) is 0 Å². The summed E-state index contributed by atoms with van der Waals surface area (Å²) in [6.07, 6.45) is 1.49. The molecule has 0 aromatic heterocycles. The lowest BCUT2D eigenvalue weighted by Crippen LogP contribution is -2.26. The Labute approximate surface area is 93.8 Å². The molecule has 0 aromatic carbocycles. The Hall–Kier alpha value is -0.750. The van der Waals surface area contributed by atoms with Crippen LogP contribution in [0.25, 0.3) is 0 Å². The first-order chi connectivity index (χ1) is 7.16. The molecule has 0 aliphatic rings. The molecule has 0 aliphatic heterocycles. The predicted octanol–water partition coefficient (Wildman–Crippen LogP) is 0.0494. The number of carbonyl (C=O) groups excluding carboxylic acids is 1. The first kappa shape index (κ1) is 14.2. The summed E-state index contributed by atoms with van der Waals surface area (Å²) < 4.78 is 0. The van der Waals surface area contributed by atoms with Crippen molar-refractivity contribution in [3.05, 3.63) is 0 Å². The van der Waals surface area contributed by atoms with Crippen molar-refractivity contribution in [3.8, 4) is 0 Å². The van der Waals surface area contributed by atoms with E-state index in [-0.39, 0.29) is 12.3 Å². The Morgan fingerprint density at radius 1 is 1.33 bits per heavy atom. The van der Waals surface area contributed by atoms with Gasteiger partial charge in [0.2, 0.25) is 5.91 Å². The third-order valence-electron chi connectivity index (χ3n) is 1.62. The second-order valence-electron chi connectivity index (χ2n) is 3.04. The highest BCUT2D eigenvalue weighted by molar-refractivity contribution is 7.99. The predicted molar refractivity (Wildman–Crippen MR) is 60.9 cm³/mol. The summed E-state index contributed by atoms with van der Waals surface area (Å²) in [4.78, 5) is 21.3. The van der Waals surface area contributed by atoms with E-state index < -0.39 is 5.97 Å². The summed E-state index contributed by atoms with van der Waals surface area (Å²) >= 11 is 1.54. The fourth-order valence-electron chi connectivity index (χ4n) is 0.869. The molecule has 1 amide bonds. The molecular formula is C9H18N2O3S. The standard InChI is InChI=1S/C9H18N2O3S/c10-4-2-6-15-7-8(12)11-5-1-3-9(13)14/h1-7,10H2,(H,11,12)(H,13,14). The molecule has 0 aromatic rings. The highest BCUT2D eigenvalue weighted by Crippen LogP contribution is 2.00. The SMILES string of the molecule is NCCCSCC(=O)NCCCC(=O)O. The van der Waals surface area contributed by atoms with Crippen LogP contribution in [0.15, 0.2) is 0 Å².